The summed E-state index contributed by atoms with van der Waals surface area (Å²) < 4.78 is 7.66. The predicted molar refractivity (Wildman–Crippen MR) is 114 cm³/mol. The fourth-order valence-electron chi connectivity index (χ4n) is 4.48. The number of benzene rings is 1. The summed E-state index contributed by atoms with van der Waals surface area (Å²) in [5.74, 6) is 0.530. The topological polar surface area (TPSA) is 60.9 Å². The molecule has 0 bridgehead atoms. The molecule has 4 aromatic rings. The lowest BCUT2D eigenvalue weighted by atomic mass is 9.99. The summed E-state index contributed by atoms with van der Waals surface area (Å²) in [6, 6.07) is 10.2. The number of rotatable bonds is 5. The van der Waals surface area contributed by atoms with Crippen molar-refractivity contribution in [3.63, 3.8) is 0 Å². The van der Waals surface area contributed by atoms with Crippen LogP contribution in [0.2, 0.25) is 0 Å². The highest BCUT2D eigenvalue weighted by molar-refractivity contribution is 6.03. The van der Waals surface area contributed by atoms with E-state index in [4.69, 9.17) is 9.40 Å². The number of fused-ring (bicyclic) bond motifs is 5. The second kappa shape index (κ2) is 7.14. The molecule has 5 heteroatoms. The third-order valence-corrected chi connectivity index (χ3v) is 5.84. The van der Waals surface area contributed by atoms with E-state index in [2.05, 4.69) is 31.0 Å². The largest absolute Gasteiger partial charge is 0.430 e. The van der Waals surface area contributed by atoms with Crippen molar-refractivity contribution in [2.75, 3.05) is 0 Å². The SMILES string of the molecule is CC(C)Cc1nc2oc3c(=O)n(CCc4ccccc4)cnc3c2c2c1CCC2. The number of hydrogen-bond donors (Lipinski definition) is 0. The van der Waals surface area contributed by atoms with E-state index >= 15 is 0 Å². The number of aromatic nitrogens is 3. The Morgan fingerprint density at radius 2 is 1.93 bits per heavy atom. The number of hydrogen-bond acceptors (Lipinski definition) is 4. The molecule has 0 fully saturated rings. The average molecular weight is 387 g/mol. The van der Waals surface area contributed by atoms with Gasteiger partial charge in [0.15, 0.2) is 0 Å². The van der Waals surface area contributed by atoms with Crippen LogP contribution in [0.15, 0.2) is 45.9 Å². The number of furan rings is 1. The zero-order valence-electron chi connectivity index (χ0n) is 16.9. The highest BCUT2D eigenvalue weighted by Gasteiger charge is 2.25. The Kier molecular flexibility index (Phi) is 4.46. The molecule has 5 rings (SSSR count). The molecule has 3 aromatic heterocycles. The first-order valence-electron chi connectivity index (χ1n) is 10.5. The van der Waals surface area contributed by atoms with E-state index in [1.54, 1.807) is 10.9 Å². The van der Waals surface area contributed by atoms with E-state index in [-0.39, 0.29) is 5.56 Å². The predicted octanol–water partition coefficient (Wildman–Crippen LogP) is 4.47. The van der Waals surface area contributed by atoms with Crippen LogP contribution in [-0.2, 0) is 32.2 Å². The van der Waals surface area contributed by atoms with E-state index < -0.39 is 0 Å². The van der Waals surface area contributed by atoms with Crippen molar-refractivity contribution in [1.82, 2.24) is 14.5 Å². The molecule has 3 heterocycles. The van der Waals surface area contributed by atoms with Gasteiger partial charge in [0.05, 0.1) is 11.7 Å². The normalized spacial score (nSPS) is 13.6. The fraction of sp³-hybridized carbons (Fsp3) is 0.375. The first kappa shape index (κ1) is 18.1. The molecule has 0 atom stereocenters. The van der Waals surface area contributed by atoms with Crippen molar-refractivity contribution in [3.05, 3.63) is 69.4 Å². The van der Waals surface area contributed by atoms with Crippen LogP contribution in [0.1, 0.15) is 42.7 Å². The van der Waals surface area contributed by atoms with Crippen LogP contribution in [0.25, 0.3) is 22.2 Å². The highest BCUT2D eigenvalue weighted by atomic mass is 16.3. The molecular weight excluding hydrogens is 362 g/mol. The molecule has 0 N–H and O–H groups in total. The summed E-state index contributed by atoms with van der Waals surface area (Å²) in [5.41, 5.74) is 6.41. The van der Waals surface area contributed by atoms with E-state index in [1.807, 2.05) is 18.2 Å². The number of aryl methyl sites for hydroxylation is 3. The maximum Gasteiger partial charge on any atom is 0.297 e. The van der Waals surface area contributed by atoms with E-state index in [9.17, 15) is 4.79 Å². The second-order valence-corrected chi connectivity index (χ2v) is 8.41. The highest BCUT2D eigenvalue weighted by Crippen LogP contribution is 2.36. The van der Waals surface area contributed by atoms with Gasteiger partial charge in [-0.1, -0.05) is 44.2 Å². The molecule has 1 aliphatic carbocycles. The van der Waals surface area contributed by atoms with Crippen LogP contribution >= 0.6 is 0 Å². The minimum absolute atomic E-state index is 0.124. The van der Waals surface area contributed by atoms with Crippen molar-refractivity contribution in [2.24, 2.45) is 5.92 Å². The molecule has 0 unspecified atom stereocenters. The van der Waals surface area contributed by atoms with Gasteiger partial charge in [-0.15, -0.1) is 0 Å². The van der Waals surface area contributed by atoms with E-state index in [1.165, 1.54) is 16.7 Å². The van der Waals surface area contributed by atoms with Crippen LogP contribution in [0.5, 0.6) is 0 Å². The molecule has 0 saturated heterocycles. The lowest BCUT2D eigenvalue weighted by Gasteiger charge is -2.10. The van der Waals surface area contributed by atoms with Crippen molar-refractivity contribution >= 4 is 22.2 Å². The smallest absolute Gasteiger partial charge is 0.297 e. The summed E-state index contributed by atoms with van der Waals surface area (Å²) in [6.07, 6.45) is 6.56. The van der Waals surface area contributed by atoms with Gasteiger partial charge in [-0.25, -0.2) is 9.97 Å². The van der Waals surface area contributed by atoms with Gasteiger partial charge in [-0.3, -0.25) is 9.36 Å². The van der Waals surface area contributed by atoms with Crippen molar-refractivity contribution in [2.45, 2.75) is 52.5 Å². The molecule has 148 valence electrons. The van der Waals surface area contributed by atoms with Crippen LogP contribution in [0, 0.1) is 5.92 Å². The van der Waals surface area contributed by atoms with Gasteiger partial charge in [-0.05, 0) is 54.7 Å². The Balaban J connectivity index is 1.60. The van der Waals surface area contributed by atoms with Gasteiger partial charge in [0, 0.05) is 12.2 Å². The van der Waals surface area contributed by atoms with Crippen LogP contribution in [0.4, 0.5) is 0 Å². The zero-order valence-corrected chi connectivity index (χ0v) is 16.9. The van der Waals surface area contributed by atoms with Crippen LogP contribution in [0.3, 0.4) is 0 Å². The van der Waals surface area contributed by atoms with Crippen LogP contribution < -0.4 is 5.56 Å². The maximum atomic E-state index is 13.1. The molecule has 29 heavy (non-hydrogen) atoms. The Bertz CT molecular complexity index is 1250. The van der Waals surface area contributed by atoms with E-state index in [0.29, 0.717) is 29.3 Å². The van der Waals surface area contributed by atoms with E-state index in [0.717, 1.165) is 43.2 Å². The zero-order chi connectivity index (χ0) is 20.0. The average Bonchev–Trinajstić information content (AvgIpc) is 3.33. The molecule has 0 amide bonds. The maximum absolute atomic E-state index is 13.1. The summed E-state index contributed by atoms with van der Waals surface area (Å²) in [4.78, 5) is 22.6. The lowest BCUT2D eigenvalue weighted by Crippen LogP contribution is -2.21. The summed E-state index contributed by atoms with van der Waals surface area (Å²) in [5, 5.41) is 0.951. The van der Waals surface area contributed by atoms with Crippen molar-refractivity contribution < 1.29 is 4.42 Å². The van der Waals surface area contributed by atoms with Gasteiger partial charge in [0.1, 0.15) is 5.52 Å². The Hall–Kier alpha value is -2.95. The first-order valence-corrected chi connectivity index (χ1v) is 10.5. The van der Waals surface area contributed by atoms with Gasteiger partial charge in [-0.2, -0.15) is 0 Å². The molecule has 0 aliphatic heterocycles. The summed E-state index contributed by atoms with van der Waals surface area (Å²) in [6.45, 7) is 4.99. The minimum Gasteiger partial charge on any atom is -0.430 e. The van der Waals surface area contributed by atoms with Crippen LogP contribution in [-0.4, -0.2) is 14.5 Å². The minimum atomic E-state index is -0.124. The van der Waals surface area contributed by atoms with Gasteiger partial charge in [0.25, 0.3) is 5.56 Å². The lowest BCUT2D eigenvalue weighted by molar-refractivity contribution is 0.602. The molecule has 0 saturated carbocycles. The third kappa shape index (κ3) is 3.15. The Labute approximate surface area is 169 Å². The van der Waals surface area contributed by atoms with Crippen molar-refractivity contribution in [3.8, 4) is 0 Å². The molecule has 1 aromatic carbocycles. The Morgan fingerprint density at radius 3 is 2.72 bits per heavy atom. The second-order valence-electron chi connectivity index (χ2n) is 8.41. The Morgan fingerprint density at radius 1 is 1.14 bits per heavy atom. The number of nitrogens with zero attached hydrogens (tertiary/aromatic N) is 3. The molecular formula is C24H25N3O2. The molecule has 0 radical (unpaired) electrons. The van der Waals surface area contributed by atoms with Gasteiger partial charge < -0.3 is 4.42 Å². The molecule has 5 nitrogen and oxygen atoms in total. The molecule has 1 aliphatic rings. The monoisotopic (exact) mass is 387 g/mol. The summed E-state index contributed by atoms with van der Waals surface area (Å²) in [7, 11) is 0. The quantitative estimate of drug-likeness (QED) is 0.507. The van der Waals surface area contributed by atoms with Gasteiger partial charge >= 0.3 is 0 Å². The summed E-state index contributed by atoms with van der Waals surface area (Å²) >= 11 is 0. The standard InChI is InChI=1S/C24H25N3O2/c1-15(2)13-19-17-9-6-10-18(17)20-21-22(29-23(20)26-19)24(28)27(14-25-21)12-11-16-7-4-3-5-8-16/h3-5,7-8,14-15H,6,9-13H2,1-2H3. The molecule has 0 spiro atoms. The van der Waals surface area contributed by atoms with Gasteiger partial charge in [0.2, 0.25) is 11.3 Å². The van der Waals surface area contributed by atoms with Crippen molar-refractivity contribution in [1.29, 1.82) is 0 Å². The number of pyridine rings is 1. The fourth-order valence-corrected chi connectivity index (χ4v) is 4.48. The third-order valence-electron chi connectivity index (χ3n) is 5.84. The first-order chi connectivity index (χ1) is 14.1.